The van der Waals surface area contributed by atoms with E-state index in [4.69, 9.17) is 9.47 Å². The number of benzene rings is 2. The van der Waals surface area contributed by atoms with E-state index in [0.717, 1.165) is 18.3 Å². The van der Waals surface area contributed by atoms with Crippen LogP contribution in [0.3, 0.4) is 0 Å². The van der Waals surface area contributed by atoms with Crippen molar-refractivity contribution in [1.29, 1.82) is 0 Å². The summed E-state index contributed by atoms with van der Waals surface area (Å²) in [5.74, 6) is 0.349. The van der Waals surface area contributed by atoms with Gasteiger partial charge in [0.15, 0.2) is 11.5 Å². The number of hydrogen-bond donors (Lipinski definition) is 1. The van der Waals surface area contributed by atoms with Crippen LogP contribution in [0.15, 0.2) is 47.6 Å². The Morgan fingerprint density at radius 3 is 2.52 bits per heavy atom. The molecule has 5 nitrogen and oxygen atoms in total. The Hall–Kier alpha value is -3.03. The second kappa shape index (κ2) is 8.57. The van der Waals surface area contributed by atoms with Gasteiger partial charge >= 0.3 is 6.18 Å². The molecule has 1 amide bonds. The van der Waals surface area contributed by atoms with E-state index >= 15 is 0 Å². The molecule has 0 unspecified atom stereocenters. The number of hydrogen-bond acceptors (Lipinski definition) is 4. The number of alkyl halides is 3. The number of nitrogens with one attached hydrogen (secondary N) is 1. The van der Waals surface area contributed by atoms with Crippen molar-refractivity contribution in [2.75, 3.05) is 7.11 Å². The quantitative estimate of drug-likeness (QED) is 0.602. The van der Waals surface area contributed by atoms with Gasteiger partial charge in [0.05, 0.1) is 25.0 Å². The van der Waals surface area contributed by atoms with Crippen molar-refractivity contribution < 1.29 is 27.4 Å². The first-order valence-corrected chi connectivity index (χ1v) is 8.06. The van der Waals surface area contributed by atoms with E-state index in [9.17, 15) is 18.0 Å². The third-order valence-electron chi connectivity index (χ3n) is 3.38. The predicted octanol–water partition coefficient (Wildman–Crippen LogP) is 4.27. The highest BCUT2D eigenvalue weighted by Crippen LogP contribution is 2.30. The molecule has 0 saturated heterocycles. The maximum absolute atomic E-state index is 12.7. The van der Waals surface area contributed by atoms with E-state index in [1.165, 1.54) is 31.4 Å². The van der Waals surface area contributed by atoms with Crippen LogP contribution < -0.4 is 14.9 Å². The number of hydrazone groups is 1. The summed E-state index contributed by atoms with van der Waals surface area (Å²) in [6.07, 6.45) is -3.36. The van der Waals surface area contributed by atoms with Gasteiger partial charge in [0, 0.05) is 5.56 Å². The van der Waals surface area contributed by atoms with Crippen molar-refractivity contribution in [1.82, 2.24) is 5.43 Å². The van der Waals surface area contributed by atoms with Crippen LogP contribution in [0.25, 0.3) is 0 Å². The van der Waals surface area contributed by atoms with Crippen LogP contribution in [0.2, 0.25) is 0 Å². The van der Waals surface area contributed by atoms with E-state index in [-0.39, 0.29) is 17.2 Å². The minimum absolute atomic E-state index is 0.0596. The van der Waals surface area contributed by atoms with Gasteiger partial charge in [-0.2, -0.15) is 18.3 Å². The smallest absolute Gasteiger partial charge is 0.416 e. The lowest BCUT2D eigenvalue weighted by Crippen LogP contribution is -2.18. The summed E-state index contributed by atoms with van der Waals surface area (Å²) in [4.78, 5) is 12.2. The maximum atomic E-state index is 12.7. The van der Waals surface area contributed by atoms with Gasteiger partial charge < -0.3 is 9.47 Å². The van der Waals surface area contributed by atoms with Gasteiger partial charge in [-0.05, 0) is 49.7 Å². The standard InChI is InChI=1S/C19H19F3N2O3/c1-12(2)27-16-8-7-14(10-17(16)26-3)18(25)24-23-11-13-5-4-6-15(9-13)19(20,21)22/h4-12H,1-3H3,(H,24,25)/b23-11+. The van der Waals surface area contributed by atoms with Gasteiger partial charge in [-0.1, -0.05) is 12.1 Å². The number of carbonyl (C=O) groups excluding carboxylic acids is 1. The predicted molar refractivity (Wildman–Crippen MR) is 95.3 cm³/mol. The minimum atomic E-state index is -4.44. The molecule has 0 saturated carbocycles. The van der Waals surface area contributed by atoms with Gasteiger partial charge in [-0.25, -0.2) is 5.43 Å². The van der Waals surface area contributed by atoms with Crippen LogP contribution >= 0.6 is 0 Å². The first-order valence-electron chi connectivity index (χ1n) is 8.06. The molecule has 0 heterocycles. The lowest BCUT2D eigenvalue weighted by molar-refractivity contribution is -0.137. The largest absolute Gasteiger partial charge is 0.493 e. The van der Waals surface area contributed by atoms with Gasteiger partial charge in [0.2, 0.25) is 0 Å². The molecule has 8 heteroatoms. The average molecular weight is 380 g/mol. The van der Waals surface area contributed by atoms with Crippen LogP contribution in [0.4, 0.5) is 13.2 Å². The van der Waals surface area contributed by atoms with E-state index in [1.807, 2.05) is 13.8 Å². The number of halogens is 3. The normalized spacial score (nSPS) is 11.7. The fourth-order valence-electron chi connectivity index (χ4n) is 2.19. The molecule has 2 rings (SSSR count). The molecule has 0 radical (unpaired) electrons. The molecule has 0 spiro atoms. The van der Waals surface area contributed by atoms with Gasteiger partial charge in [-0.15, -0.1) is 0 Å². The van der Waals surface area contributed by atoms with Gasteiger partial charge in [0.25, 0.3) is 5.91 Å². The fraction of sp³-hybridized carbons (Fsp3) is 0.263. The molecule has 0 bridgehead atoms. The molecule has 0 aliphatic heterocycles. The summed E-state index contributed by atoms with van der Waals surface area (Å²) < 4.78 is 48.8. The van der Waals surface area contributed by atoms with Crippen molar-refractivity contribution in [3.8, 4) is 11.5 Å². The highest BCUT2D eigenvalue weighted by Gasteiger charge is 2.30. The zero-order valence-corrected chi connectivity index (χ0v) is 15.0. The maximum Gasteiger partial charge on any atom is 0.416 e. The number of ether oxygens (including phenoxy) is 2. The summed E-state index contributed by atoms with van der Waals surface area (Å²) in [5, 5.41) is 3.70. The minimum Gasteiger partial charge on any atom is -0.493 e. The molecule has 1 N–H and O–H groups in total. The first kappa shape index (κ1) is 20.3. The Kier molecular flexibility index (Phi) is 6.44. The number of methoxy groups -OCH3 is 1. The van der Waals surface area contributed by atoms with Crippen molar-refractivity contribution >= 4 is 12.1 Å². The number of amides is 1. The zero-order chi connectivity index (χ0) is 20.0. The van der Waals surface area contributed by atoms with Gasteiger partial charge in [-0.3, -0.25) is 4.79 Å². The Morgan fingerprint density at radius 1 is 1.15 bits per heavy atom. The molecule has 0 aromatic heterocycles. The van der Waals surface area contributed by atoms with Crippen LogP contribution in [0.5, 0.6) is 11.5 Å². The van der Waals surface area contributed by atoms with E-state index in [2.05, 4.69) is 10.5 Å². The summed E-state index contributed by atoms with van der Waals surface area (Å²) in [6.45, 7) is 3.73. The first-order chi connectivity index (χ1) is 12.7. The Labute approximate surface area is 154 Å². The van der Waals surface area contributed by atoms with Crippen LogP contribution in [0.1, 0.15) is 35.3 Å². The average Bonchev–Trinajstić information content (AvgIpc) is 2.61. The number of carbonyl (C=O) groups is 1. The molecule has 0 aliphatic rings. The molecule has 0 fully saturated rings. The van der Waals surface area contributed by atoms with Crippen molar-refractivity contribution in [3.05, 3.63) is 59.2 Å². The van der Waals surface area contributed by atoms with Crippen LogP contribution in [0, 0.1) is 0 Å². The van der Waals surface area contributed by atoms with E-state index in [0.29, 0.717) is 11.5 Å². The summed E-state index contributed by atoms with van der Waals surface area (Å²) in [5.41, 5.74) is 1.96. The lowest BCUT2D eigenvalue weighted by atomic mass is 10.1. The number of rotatable bonds is 6. The topological polar surface area (TPSA) is 59.9 Å². The van der Waals surface area contributed by atoms with Gasteiger partial charge in [0.1, 0.15) is 0 Å². The molecule has 2 aromatic rings. The Morgan fingerprint density at radius 2 is 1.89 bits per heavy atom. The van der Waals surface area contributed by atoms with E-state index < -0.39 is 17.6 Å². The third-order valence-corrected chi connectivity index (χ3v) is 3.38. The second-order valence-corrected chi connectivity index (χ2v) is 5.85. The number of nitrogens with zero attached hydrogens (tertiary/aromatic N) is 1. The van der Waals surface area contributed by atoms with Crippen molar-refractivity contribution in [3.63, 3.8) is 0 Å². The van der Waals surface area contributed by atoms with Crippen molar-refractivity contribution in [2.24, 2.45) is 5.10 Å². The third kappa shape index (κ3) is 5.73. The second-order valence-electron chi connectivity index (χ2n) is 5.85. The monoisotopic (exact) mass is 380 g/mol. The highest BCUT2D eigenvalue weighted by atomic mass is 19.4. The molecule has 0 aliphatic carbocycles. The molecule has 144 valence electrons. The van der Waals surface area contributed by atoms with Crippen LogP contribution in [-0.2, 0) is 6.18 Å². The fourth-order valence-corrected chi connectivity index (χ4v) is 2.19. The summed E-state index contributed by atoms with van der Waals surface area (Å²) in [7, 11) is 1.45. The van der Waals surface area contributed by atoms with E-state index in [1.54, 1.807) is 6.07 Å². The molecular formula is C19H19F3N2O3. The Balaban J connectivity index is 2.08. The molecular weight excluding hydrogens is 361 g/mol. The lowest BCUT2D eigenvalue weighted by Gasteiger charge is -2.14. The summed E-state index contributed by atoms with van der Waals surface area (Å²) >= 11 is 0. The molecule has 2 aromatic carbocycles. The molecule has 27 heavy (non-hydrogen) atoms. The highest BCUT2D eigenvalue weighted by molar-refractivity contribution is 5.95. The zero-order valence-electron chi connectivity index (χ0n) is 15.0. The van der Waals surface area contributed by atoms with Crippen molar-refractivity contribution in [2.45, 2.75) is 26.1 Å². The molecule has 0 atom stereocenters. The van der Waals surface area contributed by atoms with Crippen LogP contribution in [-0.4, -0.2) is 25.3 Å². The Bertz CT molecular complexity index is 833. The summed E-state index contributed by atoms with van der Waals surface area (Å²) in [6, 6.07) is 9.25. The SMILES string of the molecule is COc1cc(C(=O)N/N=C/c2cccc(C(F)(F)F)c2)ccc1OC(C)C.